The normalized spacial score (nSPS) is 13.3. The highest BCUT2D eigenvalue weighted by atomic mass is 19.1. The van der Waals surface area contributed by atoms with Crippen molar-refractivity contribution in [3.8, 4) is 0 Å². The highest BCUT2D eigenvalue weighted by molar-refractivity contribution is 5.72. The monoisotopic (exact) mass is 560 g/mol. The van der Waals surface area contributed by atoms with Crippen LogP contribution in [0.5, 0.6) is 0 Å². The first-order valence-corrected chi connectivity index (χ1v) is 13.8. The molecule has 0 bridgehead atoms. The molecule has 0 aliphatic heterocycles. The SMILES string of the molecule is Cc1ccccc1CN(Cc1ccccc1C)C(Cc1cc(F)cc(F)c1)C(O)c1cccn1C(=O)OC(C)(C)C. The molecule has 1 heterocycles. The highest BCUT2D eigenvalue weighted by Crippen LogP contribution is 2.30. The van der Waals surface area contributed by atoms with Gasteiger partial charge in [0.05, 0.1) is 5.69 Å². The van der Waals surface area contributed by atoms with Gasteiger partial charge < -0.3 is 9.84 Å². The fourth-order valence-corrected chi connectivity index (χ4v) is 5.02. The molecular weight excluding hydrogens is 522 g/mol. The number of hydrogen-bond donors (Lipinski definition) is 1. The van der Waals surface area contributed by atoms with Gasteiger partial charge >= 0.3 is 6.09 Å². The number of aliphatic hydroxyl groups is 1. The van der Waals surface area contributed by atoms with Crippen molar-refractivity contribution >= 4 is 6.09 Å². The zero-order valence-corrected chi connectivity index (χ0v) is 24.3. The van der Waals surface area contributed by atoms with Gasteiger partial charge in [-0.25, -0.2) is 13.6 Å². The third kappa shape index (κ3) is 7.90. The maximum absolute atomic E-state index is 14.3. The largest absolute Gasteiger partial charge is 0.443 e. The van der Waals surface area contributed by atoms with Gasteiger partial charge in [-0.2, -0.15) is 0 Å². The van der Waals surface area contributed by atoms with Crippen LogP contribution in [0.1, 0.15) is 60.4 Å². The van der Waals surface area contributed by atoms with E-state index in [1.165, 1.54) is 16.7 Å². The first-order chi connectivity index (χ1) is 19.4. The predicted octanol–water partition coefficient (Wildman–Crippen LogP) is 7.51. The van der Waals surface area contributed by atoms with Crippen LogP contribution < -0.4 is 0 Å². The van der Waals surface area contributed by atoms with E-state index < -0.39 is 35.5 Å². The van der Waals surface area contributed by atoms with E-state index in [1.54, 1.807) is 39.1 Å². The maximum Gasteiger partial charge on any atom is 0.418 e. The van der Waals surface area contributed by atoms with E-state index >= 15 is 0 Å². The van der Waals surface area contributed by atoms with Crippen molar-refractivity contribution in [3.05, 3.63) is 130 Å². The molecular formula is C34H38F2N2O3. The number of halogens is 2. The van der Waals surface area contributed by atoms with Crippen molar-refractivity contribution in [1.82, 2.24) is 9.47 Å². The van der Waals surface area contributed by atoms with Crippen LogP contribution in [-0.2, 0) is 24.2 Å². The lowest BCUT2D eigenvalue weighted by Crippen LogP contribution is -2.42. The molecule has 4 aromatic rings. The van der Waals surface area contributed by atoms with E-state index in [4.69, 9.17) is 4.74 Å². The van der Waals surface area contributed by atoms with Crippen LogP contribution in [0.2, 0.25) is 0 Å². The van der Waals surface area contributed by atoms with Crippen molar-refractivity contribution in [1.29, 1.82) is 0 Å². The Morgan fingerprint density at radius 3 is 1.93 bits per heavy atom. The molecule has 216 valence electrons. The molecule has 0 aliphatic carbocycles. The Morgan fingerprint density at radius 1 is 0.878 bits per heavy atom. The molecule has 1 aromatic heterocycles. The molecule has 3 aromatic carbocycles. The summed E-state index contributed by atoms with van der Waals surface area (Å²) in [5.41, 5.74) is 4.30. The van der Waals surface area contributed by atoms with E-state index in [1.807, 2.05) is 62.4 Å². The first-order valence-electron chi connectivity index (χ1n) is 13.8. The molecule has 0 saturated heterocycles. The molecule has 0 saturated carbocycles. The standard InChI is InChI=1S/C34H38F2N2O3/c1-23-11-6-8-13-26(23)21-37(22-27-14-9-7-12-24(27)2)31(19-25-17-28(35)20-29(36)18-25)32(39)30-15-10-16-38(30)33(40)41-34(3,4)5/h6-18,20,31-32,39H,19,21-22H2,1-5H3. The van der Waals surface area contributed by atoms with Crippen molar-refractivity contribution in [2.45, 2.75) is 71.9 Å². The summed E-state index contributed by atoms with van der Waals surface area (Å²) in [4.78, 5) is 15.2. The lowest BCUT2D eigenvalue weighted by molar-refractivity contribution is 0.0279. The van der Waals surface area contributed by atoms with Gasteiger partial charge in [0, 0.05) is 31.4 Å². The maximum atomic E-state index is 14.3. The minimum Gasteiger partial charge on any atom is -0.443 e. The van der Waals surface area contributed by atoms with Crippen LogP contribution in [0.15, 0.2) is 85.1 Å². The second-order valence-electron chi connectivity index (χ2n) is 11.5. The van der Waals surface area contributed by atoms with Gasteiger partial charge in [0.15, 0.2) is 0 Å². The smallest absolute Gasteiger partial charge is 0.418 e. The van der Waals surface area contributed by atoms with Crippen molar-refractivity contribution in [2.24, 2.45) is 0 Å². The van der Waals surface area contributed by atoms with Crippen molar-refractivity contribution < 1.29 is 23.4 Å². The number of aryl methyl sites for hydroxylation is 2. The van der Waals surface area contributed by atoms with Crippen LogP contribution in [0.3, 0.4) is 0 Å². The minimum atomic E-state index is -1.20. The number of ether oxygens (including phenoxy) is 1. The van der Waals surface area contributed by atoms with Crippen LogP contribution in [0, 0.1) is 25.5 Å². The molecule has 4 rings (SSSR count). The zero-order chi connectivity index (χ0) is 29.7. The fourth-order valence-electron chi connectivity index (χ4n) is 5.02. The average Bonchev–Trinajstić information content (AvgIpc) is 3.38. The van der Waals surface area contributed by atoms with Crippen LogP contribution >= 0.6 is 0 Å². The first kappa shape index (κ1) is 30.2. The molecule has 0 spiro atoms. The molecule has 0 radical (unpaired) electrons. The van der Waals surface area contributed by atoms with Crippen LogP contribution in [0.4, 0.5) is 13.6 Å². The Morgan fingerprint density at radius 2 is 1.41 bits per heavy atom. The summed E-state index contributed by atoms with van der Waals surface area (Å²) in [7, 11) is 0. The lowest BCUT2D eigenvalue weighted by Gasteiger charge is -2.36. The van der Waals surface area contributed by atoms with Crippen LogP contribution in [-0.4, -0.2) is 32.3 Å². The fraction of sp³-hybridized carbons (Fsp3) is 0.324. The zero-order valence-electron chi connectivity index (χ0n) is 24.3. The molecule has 0 aliphatic rings. The highest BCUT2D eigenvalue weighted by Gasteiger charge is 2.32. The predicted molar refractivity (Wildman–Crippen MR) is 156 cm³/mol. The number of carbonyl (C=O) groups is 1. The van der Waals surface area contributed by atoms with Gasteiger partial charge in [-0.15, -0.1) is 0 Å². The topological polar surface area (TPSA) is 54.7 Å². The second-order valence-corrected chi connectivity index (χ2v) is 11.5. The van der Waals surface area contributed by atoms with Gasteiger partial charge in [0.1, 0.15) is 23.3 Å². The number of aliphatic hydroxyl groups excluding tert-OH is 1. The summed E-state index contributed by atoms with van der Waals surface area (Å²) in [6, 6.07) is 22.1. The summed E-state index contributed by atoms with van der Waals surface area (Å²) in [5, 5.41) is 12.0. The van der Waals surface area contributed by atoms with Gasteiger partial charge in [-0.05, 0) is 93.1 Å². The molecule has 0 fully saturated rings. The summed E-state index contributed by atoms with van der Waals surface area (Å²) in [5.74, 6) is -1.37. The quantitative estimate of drug-likeness (QED) is 0.230. The average molecular weight is 561 g/mol. The third-order valence-corrected chi connectivity index (χ3v) is 7.14. The summed E-state index contributed by atoms with van der Waals surface area (Å²) < 4.78 is 35.5. The summed E-state index contributed by atoms with van der Waals surface area (Å²) in [6.07, 6.45) is -0.126. The van der Waals surface area contributed by atoms with E-state index in [9.17, 15) is 18.7 Å². The van der Waals surface area contributed by atoms with Crippen molar-refractivity contribution in [2.75, 3.05) is 0 Å². The molecule has 2 atom stereocenters. The summed E-state index contributed by atoms with van der Waals surface area (Å²) >= 11 is 0. The molecule has 41 heavy (non-hydrogen) atoms. The Balaban J connectivity index is 1.81. The van der Waals surface area contributed by atoms with E-state index in [0.29, 0.717) is 24.3 Å². The number of carbonyl (C=O) groups excluding carboxylic acids is 1. The Labute approximate surface area is 241 Å². The number of hydrogen-bond acceptors (Lipinski definition) is 4. The molecule has 1 N–H and O–H groups in total. The van der Waals surface area contributed by atoms with E-state index in [0.717, 1.165) is 28.3 Å². The molecule has 7 heteroatoms. The minimum absolute atomic E-state index is 0.132. The van der Waals surface area contributed by atoms with Gasteiger partial charge in [-0.3, -0.25) is 9.47 Å². The Hall–Kier alpha value is -3.81. The van der Waals surface area contributed by atoms with Gasteiger partial charge in [0.25, 0.3) is 0 Å². The lowest BCUT2D eigenvalue weighted by atomic mass is 9.95. The molecule has 0 amide bonds. The van der Waals surface area contributed by atoms with E-state index in [-0.39, 0.29) is 6.42 Å². The Kier molecular flexibility index (Phi) is 9.41. The number of benzene rings is 3. The third-order valence-electron chi connectivity index (χ3n) is 7.14. The second kappa shape index (κ2) is 12.8. The van der Waals surface area contributed by atoms with Gasteiger partial charge in [0.2, 0.25) is 0 Å². The number of nitrogens with zero attached hydrogens (tertiary/aromatic N) is 2. The van der Waals surface area contributed by atoms with Crippen molar-refractivity contribution in [3.63, 3.8) is 0 Å². The number of rotatable bonds is 9. The van der Waals surface area contributed by atoms with Gasteiger partial charge in [-0.1, -0.05) is 48.5 Å². The summed E-state index contributed by atoms with van der Waals surface area (Å²) in [6.45, 7) is 10.3. The Bertz CT molecular complexity index is 1420. The molecule has 5 nitrogen and oxygen atoms in total. The number of aromatic nitrogens is 1. The van der Waals surface area contributed by atoms with Crippen LogP contribution in [0.25, 0.3) is 0 Å². The van der Waals surface area contributed by atoms with E-state index in [2.05, 4.69) is 4.90 Å². The molecule has 2 unspecified atom stereocenters.